The van der Waals surface area contributed by atoms with E-state index in [2.05, 4.69) is 48.5 Å². The maximum absolute atomic E-state index is 5.39. The van der Waals surface area contributed by atoms with Crippen molar-refractivity contribution in [2.24, 2.45) is 0 Å². The van der Waals surface area contributed by atoms with E-state index >= 15 is 0 Å². The van der Waals surface area contributed by atoms with Gasteiger partial charge < -0.3 is 12.3 Å². The van der Waals surface area contributed by atoms with Gasteiger partial charge in [-0.1, -0.05) is 48.5 Å². The van der Waals surface area contributed by atoms with E-state index in [-0.39, 0.29) is 11.8 Å². The quantitative estimate of drug-likeness (QED) is 0.157. The van der Waals surface area contributed by atoms with E-state index in [0.717, 1.165) is 23.0 Å². The molecule has 0 heterocycles. The summed E-state index contributed by atoms with van der Waals surface area (Å²) in [4.78, 5) is 0. The van der Waals surface area contributed by atoms with Crippen molar-refractivity contribution < 1.29 is 12.3 Å². The fourth-order valence-corrected chi connectivity index (χ4v) is 5.24. The molecule has 0 N–H and O–H groups in total. The van der Waals surface area contributed by atoms with Crippen molar-refractivity contribution >= 4 is 92.0 Å². The second kappa shape index (κ2) is 12.8. The fourth-order valence-electron chi connectivity index (χ4n) is 4.06. The van der Waals surface area contributed by atoms with Gasteiger partial charge in [0.05, 0.1) is 0 Å². The standard InChI is InChI=1S/C26H18I4O4/c27-31-21-9-1-17(2-10-21)25(18-3-11-22(32-28)12-4-18)26(19-5-13-23(33-29)14-6-19)20-7-15-24(34-30)16-8-20/h1-16,25-26H. The molecule has 0 aromatic heterocycles. The molecule has 0 amide bonds. The highest BCUT2D eigenvalue weighted by molar-refractivity contribution is 14.1. The minimum atomic E-state index is 0.0456. The van der Waals surface area contributed by atoms with E-state index in [1.165, 1.54) is 22.3 Å². The molecule has 0 saturated carbocycles. The van der Waals surface area contributed by atoms with Crippen molar-refractivity contribution in [2.45, 2.75) is 11.8 Å². The molecule has 0 fully saturated rings. The van der Waals surface area contributed by atoms with Gasteiger partial charge in [0.1, 0.15) is 23.0 Å². The smallest absolute Gasteiger partial charge is 0.192 e. The van der Waals surface area contributed by atoms with Gasteiger partial charge in [0, 0.05) is 11.8 Å². The van der Waals surface area contributed by atoms with Gasteiger partial charge in [0.25, 0.3) is 0 Å². The zero-order valence-electron chi connectivity index (χ0n) is 17.5. The van der Waals surface area contributed by atoms with Crippen LogP contribution < -0.4 is 12.3 Å². The zero-order chi connectivity index (χ0) is 23.9. The molecule has 0 saturated heterocycles. The molecule has 0 bridgehead atoms. The van der Waals surface area contributed by atoms with Crippen LogP contribution in [0.2, 0.25) is 0 Å². The second-order valence-corrected chi connectivity index (χ2v) is 9.30. The van der Waals surface area contributed by atoms with Gasteiger partial charge >= 0.3 is 0 Å². The third kappa shape index (κ3) is 6.22. The van der Waals surface area contributed by atoms with Crippen LogP contribution in [0.3, 0.4) is 0 Å². The summed E-state index contributed by atoms with van der Waals surface area (Å²) in [6.07, 6.45) is 0. The van der Waals surface area contributed by atoms with Gasteiger partial charge in [-0.25, -0.2) is 0 Å². The molecule has 174 valence electrons. The maximum atomic E-state index is 5.39. The second-order valence-electron chi connectivity index (χ2n) is 7.54. The summed E-state index contributed by atoms with van der Waals surface area (Å²) in [5.41, 5.74) is 4.75. The average Bonchev–Trinajstić information content (AvgIpc) is 2.92. The summed E-state index contributed by atoms with van der Waals surface area (Å²) in [6.45, 7) is 0. The minimum absolute atomic E-state index is 0.0456. The molecule has 0 radical (unpaired) electrons. The lowest BCUT2D eigenvalue weighted by Gasteiger charge is -2.30. The Bertz CT molecular complexity index is 990. The highest BCUT2D eigenvalue weighted by Crippen LogP contribution is 2.44. The molecule has 0 aliphatic heterocycles. The van der Waals surface area contributed by atoms with Crippen molar-refractivity contribution in [3.63, 3.8) is 0 Å². The number of hydrogen-bond donors (Lipinski definition) is 0. The highest BCUT2D eigenvalue weighted by atomic mass is 127. The predicted molar refractivity (Wildman–Crippen MR) is 168 cm³/mol. The SMILES string of the molecule is IOc1ccc(C(c2ccc(OI)cc2)C(c2ccc(OI)cc2)c2ccc(OI)cc2)cc1. The van der Waals surface area contributed by atoms with E-state index in [1.807, 2.05) is 141 Å². The number of hydrogen-bond acceptors (Lipinski definition) is 4. The first kappa shape index (κ1) is 26.1. The summed E-state index contributed by atoms with van der Waals surface area (Å²) < 4.78 is 21.6. The monoisotopic (exact) mass is 902 g/mol. The van der Waals surface area contributed by atoms with Crippen molar-refractivity contribution in [1.82, 2.24) is 0 Å². The van der Waals surface area contributed by atoms with E-state index in [4.69, 9.17) is 12.3 Å². The largest absolute Gasteiger partial charge is 0.428 e. The van der Waals surface area contributed by atoms with Crippen LogP contribution in [0.4, 0.5) is 0 Å². The topological polar surface area (TPSA) is 36.9 Å². The molecule has 0 aliphatic carbocycles. The summed E-state index contributed by atoms with van der Waals surface area (Å²) >= 11 is 7.63. The molecule has 4 nitrogen and oxygen atoms in total. The first-order valence-corrected chi connectivity index (χ1v) is 13.7. The molecule has 0 aliphatic rings. The molecule has 4 aromatic rings. The Morgan fingerprint density at radius 2 is 0.500 bits per heavy atom. The summed E-state index contributed by atoms with van der Waals surface area (Å²) in [6, 6.07) is 33.2. The van der Waals surface area contributed by atoms with E-state index in [9.17, 15) is 0 Å². The minimum Gasteiger partial charge on any atom is -0.428 e. The lowest BCUT2D eigenvalue weighted by Crippen LogP contribution is -2.15. The molecule has 0 unspecified atom stereocenters. The van der Waals surface area contributed by atoms with Crippen LogP contribution in [-0.2, 0) is 0 Å². The molecule has 4 aromatic carbocycles. The van der Waals surface area contributed by atoms with Crippen molar-refractivity contribution in [1.29, 1.82) is 0 Å². The Balaban J connectivity index is 1.90. The van der Waals surface area contributed by atoms with Gasteiger partial charge in [0.2, 0.25) is 0 Å². The average molecular weight is 902 g/mol. The van der Waals surface area contributed by atoms with Gasteiger partial charge in [-0.05, 0) is 70.8 Å². The first-order valence-electron chi connectivity index (χ1n) is 10.2. The predicted octanol–water partition coefficient (Wildman–Crippen LogP) is 9.57. The fraction of sp³-hybridized carbons (Fsp3) is 0.0769. The highest BCUT2D eigenvalue weighted by Gasteiger charge is 2.28. The van der Waals surface area contributed by atoms with Crippen molar-refractivity contribution in [2.75, 3.05) is 0 Å². The summed E-state index contributed by atoms with van der Waals surface area (Å²) in [5, 5.41) is 0. The zero-order valence-corrected chi connectivity index (χ0v) is 26.2. The van der Waals surface area contributed by atoms with Crippen LogP contribution in [0, 0.1) is 0 Å². The Morgan fingerprint density at radius 3 is 0.647 bits per heavy atom. The Kier molecular flexibility index (Phi) is 9.82. The Labute approximate surface area is 255 Å². The maximum Gasteiger partial charge on any atom is 0.192 e. The summed E-state index contributed by atoms with van der Waals surface area (Å²) in [5.74, 6) is 3.37. The van der Waals surface area contributed by atoms with Gasteiger partial charge in [-0.3, -0.25) is 0 Å². The number of rotatable bonds is 9. The first-order chi connectivity index (χ1) is 16.7. The third-order valence-corrected chi connectivity index (χ3v) is 7.68. The lowest BCUT2D eigenvalue weighted by atomic mass is 9.73. The van der Waals surface area contributed by atoms with E-state index in [1.54, 1.807) is 0 Å². The van der Waals surface area contributed by atoms with Crippen molar-refractivity contribution in [3.8, 4) is 23.0 Å². The molecule has 0 atom stereocenters. The van der Waals surface area contributed by atoms with Crippen molar-refractivity contribution in [3.05, 3.63) is 119 Å². The van der Waals surface area contributed by atoms with E-state index < -0.39 is 0 Å². The number of benzene rings is 4. The van der Waals surface area contributed by atoms with Crippen LogP contribution in [0.1, 0.15) is 34.1 Å². The number of halogens is 4. The lowest BCUT2D eigenvalue weighted by molar-refractivity contribution is 0.674. The van der Waals surface area contributed by atoms with Crippen LogP contribution >= 0.6 is 92.0 Å². The van der Waals surface area contributed by atoms with Gasteiger partial charge in [0.15, 0.2) is 92.0 Å². The molecule has 4 rings (SSSR count). The van der Waals surface area contributed by atoms with Crippen LogP contribution in [0.15, 0.2) is 97.1 Å². The molecule has 0 spiro atoms. The molecule has 34 heavy (non-hydrogen) atoms. The van der Waals surface area contributed by atoms with E-state index in [0.29, 0.717) is 0 Å². The molecular weight excluding hydrogens is 884 g/mol. The Morgan fingerprint density at radius 1 is 0.324 bits per heavy atom. The third-order valence-electron chi connectivity index (χ3n) is 5.65. The van der Waals surface area contributed by atoms with Crippen LogP contribution in [-0.4, -0.2) is 0 Å². The summed E-state index contributed by atoms with van der Waals surface area (Å²) in [7, 11) is 0. The van der Waals surface area contributed by atoms with Crippen LogP contribution in [0.5, 0.6) is 23.0 Å². The normalized spacial score (nSPS) is 10.9. The molecule has 8 heteroatoms. The van der Waals surface area contributed by atoms with Crippen LogP contribution in [0.25, 0.3) is 0 Å². The molecular formula is C26H18I4O4. The Hall–Kier alpha value is -1.00. The van der Waals surface area contributed by atoms with Gasteiger partial charge in [-0.2, -0.15) is 0 Å². The van der Waals surface area contributed by atoms with Gasteiger partial charge in [-0.15, -0.1) is 0 Å².